The molecular formula is C24H27F6N. The van der Waals surface area contributed by atoms with Crippen LogP contribution in [0.3, 0.4) is 0 Å². The van der Waals surface area contributed by atoms with Crippen LogP contribution in [0.2, 0.25) is 0 Å². The van der Waals surface area contributed by atoms with Gasteiger partial charge < -0.3 is 0 Å². The van der Waals surface area contributed by atoms with Gasteiger partial charge in [0.25, 0.3) is 0 Å². The second kappa shape index (κ2) is 8.49. The van der Waals surface area contributed by atoms with E-state index in [0.29, 0.717) is 24.7 Å². The number of halogens is 6. The fraction of sp³-hybridized carbons (Fsp3) is 0.500. The Labute approximate surface area is 179 Å². The lowest BCUT2D eigenvalue weighted by atomic mass is 9.85. The molecule has 1 fully saturated rings. The average molecular weight is 443 g/mol. The van der Waals surface area contributed by atoms with Crippen molar-refractivity contribution in [2.45, 2.75) is 70.4 Å². The van der Waals surface area contributed by atoms with Crippen LogP contribution in [-0.2, 0) is 24.3 Å². The van der Waals surface area contributed by atoms with Gasteiger partial charge in [-0.15, -0.1) is 0 Å². The SMILES string of the molecule is CC(C)(C)c1ccc([C@H]2CCCCN2Cc2cc(C(F)(F)F)ccc2C(F)(F)F)cc1. The molecule has 1 atom stereocenters. The minimum atomic E-state index is -4.71. The first kappa shape index (κ1) is 23.6. The van der Waals surface area contributed by atoms with E-state index in [1.165, 1.54) is 0 Å². The summed E-state index contributed by atoms with van der Waals surface area (Å²) in [5.74, 6) is 0. The predicted octanol–water partition coefficient (Wildman–Crippen LogP) is 7.75. The zero-order chi connectivity index (χ0) is 23.0. The van der Waals surface area contributed by atoms with Crippen LogP contribution in [0.25, 0.3) is 0 Å². The lowest BCUT2D eigenvalue weighted by Crippen LogP contribution is -2.33. The van der Waals surface area contributed by atoms with Gasteiger partial charge in [0.2, 0.25) is 0 Å². The van der Waals surface area contributed by atoms with Crippen molar-refractivity contribution < 1.29 is 26.3 Å². The van der Waals surface area contributed by atoms with Crippen LogP contribution in [0, 0.1) is 0 Å². The molecule has 0 bridgehead atoms. The van der Waals surface area contributed by atoms with Gasteiger partial charge in [-0.1, -0.05) is 51.5 Å². The Morgan fingerprint density at radius 3 is 1.97 bits per heavy atom. The summed E-state index contributed by atoms with van der Waals surface area (Å²) >= 11 is 0. The number of hydrogen-bond donors (Lipinski definition) is 0. The summed E-state index contributed by atoms with van der Waals surface area (Å²) in [6.45, 7) is 6.66. The Morgan fingerprint density at radius 2 is 1.42 bits per heavy atom. The third kappa shape index (κ3) is 5.62. The van der Waals surface area contributed by atoms with Crippen molar-refractivity contribution in [2.24, 2.45) is 0 Å². The molecule has 0 spiro atoms. The molecule has 2 aromatic carbocycles. The Hall–Kier alpha value is -2.02. The molecule has 1 nitrogen and oxygen atoms in total. The number of hydrogen-bond acceptors (Lipinski definition) is 1. The molecule has 31 heavy (non-hydrogen) atoms. The van der Waals surface area contributed by atoms with Crippen molar-refractivity contribution in [3.05, 3.63) is 70.3 Å². The van der Waals surface area contributed by atoms with Gasteiger partial charge in [0.05, 0.1) is 11.1 Å². The molecular weight excluding hydrogens is 416 g/mol. The van der Waals surface area contributed by atoms with Gasteiger partial charge in [0.15, 0.2) is 0 Å². The molecule has 1 saturated heterocycles. The van der Waals surface area contributed by atoms with E-state index in [4.69, 9.17) is 0 Å². The van der Waals surface area contributed by atoms with E-state index >= 15 is 0 Å². The van der Waals surface area contributed by atoms with Gasteiger partial charge in [0, 0.05) is 12.6 Å². The molecule has 2 aromatic rings. The van der Waals surface area contributed by atoms with Crippen molar-refractivity contribution in [2.75, 3.05) is 6.54 Å². The monoisotopic (exact) mass is 443 g/mol. The number of nitrogens with zero attached hydrogens (tertiary/aromatic N) is 1. The Morgan fingerprint density at radius 1 is 0.806 bits per heavy atom. The van der Waals surface area contributed by atoms with E-state index in [2.05, 4.69) is 20.8 Å². The van der Waals surface area contributed by atoms with Crippen LogP contribution in [0.15, 0.2) is 42.5 Å². The second-order valence-electron chi connectivity index (χ2n) is 9.22. The quantitative estimate of drug-likeness (QED) is 0.439. The van der Waals surface area contributed by atoms with E-state index in [1.54, 1.807) is 0 Å². The van der Waals surface area contributed by atoms with Crippen LogP contribution < -0.4 is 0 Å². The molecule has 170 valence electrons. The lowest BCUT2D eigenvalue weighted by molar-refractivity contribution is -0.142. The average Bonchev–Trinajstić information content (AvgIpc) is 2.66. The van der Waals surface area contributed by atoms with Crippen molar-refractivity contribution >= 4 is 0 Å². The van der Waals surface area contributed by atoms with E-state index in [0.717, 1.165) is 30.4 Å². The van der Waals surface area contributed by atoms with Crippen LogP contribution in [0.4, 0.5) is 26.3 Å². The van der Waals surface area contributed by atoms with Crippen LogP contribution >= 0.6 is 0 Å². The highest BCUT2D eigenvalue weighted by Gasteiger charge is 2.38. The second-order valence-corrected chi connectivity index (χ2v) is 9.22. The zero-order valence-corrected chi connectivity index (χ0v) is 17.9. The van der Waals surface area contributed by atoms with Gasteiger partial charge in [-0.2, -0.15) is 26.3 Å². The van der Waals surface area contributed by atoms with Crippen LogP contribution in [0.1, 0.15) is 73.9 Å². The summed E-state index contributed by atoms with van der Waals surface area (Å²) in [5, 5.41) is 0. The van der Waals surface area contributed by atoms with E-state index < -0.39 is 23.5 Å². The summed E-state index contributed by atoms with van der Waals surface area (Å²) < 4.78 is 80.0. The summed E-state index contributed by atoms with van der Waals surface area (Å²) in [6, 6.07) is 9.60. The van der Waals surface area contributed by atoms with Gasteiger partial charge in [0.1, 0.15) is 0 Å². The highest BCUT2D eigenvalue weighted by atomic mass is 19.4. The van der Waals surface area contributed by atoms with Crippen molar-refractivity contribution in [1.82, 2.24) is 4.90 Å². The number of likely N-dealkylation sites (tertiary alicyclic amines) is 1. The molecule has 1 aliphatic heterocycles. The third-order valence-electron chi connectivity index (χ3n) is 5.89. The lowest BCUT2D eigenvalue weighted by Gasteiger charge is -2.37. The normalized spacial score (nSPS) is 18.9. The maximum atomic E-state index is 13.5. The van der Waals surface area contributed by atoms with Gasteiger partial charge >= 0.3 is 12.4 Å². The molecule has 1 aliphatic rings. The van der Waals surface area contributed by atoms with E-state index in [-0.39, 0.29) is 23.6 Å². The smallest absolute Gasteiger partial charge is 0.292 e. The van der Waals surface area contributed by atoms with Gasteiger partial charge in [-0.25, -0.2) is 0 Å². The topological polar surface area (TPSA) is 3.24 Å². The van der Waals surface area contributed by atoms with Crippen LogP contribution in [0.5, 0.6) is 0 Å². The first-order valence-electron chi connectivity index (χ1n) is 10.4. The van der Waals surface area contributed by atoms with E-state index in [1.807, 2.05) is 29.2 Å². The molecule has 3 rings (SSSR count). The first-order chi connectivity index (χ1) is 14.3. The molecule has 7 heteroatoms. The summed E-state index contributed by atoms with van der Waals surface area (Å²) in [4.78, 5) is 1.88. The Kier molecular flexibility index (Phi) is 6.47. The number of benzene rings is 2. The number of alkyl halides is 6. The molecule has 0 unspecified atom stereocenters. The van der Waals surface area contributed by atoms with Gasteiger partial charge in [-0.05, 0) is 59.7 Å². The number of rotatable bonds is 3. The Balaban J connectivity index is 1.94. The molecule has 1 heterocycles. The van der Waals surface area contributed by atoms with Crippen molar-refractivity contribution in [3.63, 3.8) is 0 Å². The van der Waals surface area contributed by atoms with E-state index in [9.17, 15) is 26.3 Å². The minimum absolute atomic E-state index is 0.0234. The zero-order valence-electron chi connectivity index (χ0n) is 17.9. The summed E-state index contributed by atoms with van der Waals surface area (Å²) in [7, 11) is 0. The van der Waals surface area contributed by atoms with Gasteiger partial charge in [-0.3, -0.25) is 4.90 Å². The summed E-state index contributed by atoms with van der Waals surface area (Å²) in [5.41, 5.74) is -0.291. The number of piperidine rings is 1. The molecule has 0 aromatic heterocycles. The maximum absolute atomic E-state index is 13.5. The largest absolute Gasteiger partial charge is 0.416 e. The molecule has 0 aliphatic carbocycles. The summed E-state index contributed by atoms with van der Waals surface area (Å²) in [6.07, 6.45) is -6.91. The first-order valence-corrected chi connectivity index (χ1v) is 10.4. The highest BCUT2D eigenvalue weighted by Crippen LogP contribution is 2.39. The molecule has 0 N–H and O–H groups in total. The molecule has 0 saturated carbocycles. The fourth-order valence-corrected chi connectivity index (χ4v) is 4.16. The third-order valence-corrected chi connectivity index (χ3v) is 5.89. The van der Waals surface area contributed by atoms with Crippen LogP contribution in [-0.4, -0.2) is 11.4 Å². The predicted molar refractivity (Wildman–Crippen MR) is 109 cm³/mol. The highest BCUT2D eigenvalue weighted by molar-refractivity contribution is 5.36. The molecule has 0 radical (unpaired) electrons. The Bertz CT molecular complexity index is 890. The van der Waals surface area contributed by atoms with Crippen molar-refractivity contribution in [3.8, 4) is 0 Å². The maximum Gasteiger partial charge on any atom is 0.416 e. The standard InChI is InChI=1S/C24H27F6N/c1-22(2,3)18-9-7-16(8-10-18)21-6-4-5-13-31(21)15-17-14-19(23(25,26)27)11-12-20(17)24(28,29)30/h7-12,14,21H,4-6,13,15H2,1-3H3/t21-/m1/s1. The minimum Gasteiger partial charge on any atom is -0.292 e. The van der Waals surface area contributed by atoms with Crippen molar-refractivity contribution in [1.29, 1.82) is 0 Å². The molecule has 0 amide bonds. The fourth-order valence-electron chi connectivity index (χ4n) is 4.16.